The summed E-state index contributed by atoms with van der Waals surface area (Å²) < 4.78 is 15.5. The SMILES string of the molecule is C[C@@H](NCc1ccc(-n2cncn2)c(F)c1)c1cccs1. The van der Waals surface area contributed by atoms with Crippen LogP contribution in [-0.4, -0.2) is 14.8 Å². The number of halogens is 1. The topological polar surface area (TPSA) is 42.7 Å². The molecular formula is C15H15FN4S. The first-order valence-electron chi connectivity index (χ1n) is 6.64. The van der Waals surface area contributed by atoms with Crippen LogP contribution in [0.15, 0.2) is 48.4 Å². The predicted molar refractivity (Wildman–Crippen MR) is 80.9 cm³/mol. The van der Waals surface area contributed by atoms with E-state index in [0.29, 0.717) is 12.2 Å². The number of nitrogens with one attached hydrogen (secondary N) is 1. The van der Waals surface area contributed by atoms with E-state index in [1.165, 1.54) is 28.3 Å². The first-order chi connectivity index (χ1) is 10.2. The Labute approximate surface area is 126 Å². The summed E-state index contributed by atoms with van der Waals surface area (Å²) in [4.78, 5) is 5.10. The third-order valence-corrected chi connectivity index (χ3v) is 4.32. The molecular weight excluding hydrogens is 287 g/mol. The van der Waals surface area contributed by atoms with E-state index in [9.17, 15) is 4.39 Å². The lowest BCUT2D eigenvalue weighted by molar-refractivity contribution is 0.573. The summed E-state index contributed by atoms with van der Waals surface area (Å²) >= 11 is 1.71. The summed E-state index contributed by atoms with van der Waals surface area (Å²) in [7, 11) is 0. The van der Waals surface area contributed by atoms with Crippen molar-refractivity contribution in [2.24, 2.45) is 0 Å². The molecule has 3 rings (SSSR count). The maximum Gasteiger partial charge on any atom is 0.149 e. The second kappa shape index (κ2) is 6.15. The minimum Gasteiger partial charge on any atom is -0.305 e. The normalized spacial score (nSPS) is 12.5. The highest BCUT2D eigenvalue weighted by Crippen LogP contribution is 2.19. The van der Waals surface area contributed by atoms with Gasteiger partial charge in [0.2, 0.25) is 0 Å². The van der Waals surface area contributed by atoms with Gasteiger partial charge in [-0.1, -0.05) is 12.1 Å². The summed E-state index contributed by atoms with van der Waals surface area (Å²) in [6.07, 6.45) is 2.87. The quantitative estimate of drug-likeness (QED) is 0.786. The van der Waals surface area contributed by atoms with Gasteiger partial charge in [0.25, 0.3) is 0 Å². The Bertz CT molecular complexity index is 695. The lowest BCUT2D eigenvalue weighted by Gasteiger charge is -2.12. The van der Waals surface area contributed by atoms with Gasteiger partial charge in [-0.3, -0.25) is 0 Å². The van der Waals surface area contributed by atoms with Gasteiger partial charge in [0, 0.05) is 17.5 Å². The molecule has 4 nitrogen and oxygen atoms in total. The number of rotatable bonds is 5. The van der Waals surface area contributed by atoms with Crippen LogP contribution in [0.2, 0.25) is 0 Å². The highest BCUT2D eigenvalue weighted by molar-refractivity contribution is 7.10. The smallest absolute Gasteiger partial charge is 0.149 e. The number of thiophene rings is 1. The van der Waals surface area contributed by atoms with Gasteiger partial charge in [0.1, 0.15) is 24.2 Å². The molecule has 0 amide bonds. The van der Waals surface area contributed by atoms with Gasteiger partial charge in [-0.25, -0.2) is 14.1 Å². The van der Waals surface area contributed by atoms with Crippen LogP contribution >= 0.6 is 11.3 Å². The Morgan fingerprint density at radius 3 is 2.95 bits per heavy atom. The number of hydrogen-bond acceptors (Lipinski definition) is 4. The summed E-state index contributed by atoms with van der Waals surface area (Å²) in [6, 6.07) is 9.53. The van der Waals surface area contributed by atoms with Gasteiger partial charge in [0.15, 0.2) is 0 Å². The van der Waals surface area contributed by atoms with E-state index in [1.54, 1.807) is 17.4 Å². The van der Waals surface area contributed by atoms with Crippen molar-refractivity contribution in [3.63, 3.8) is 0 Å². The van der Waals surface area contributed by atoms with Crippen molar-refractivity contribution < 1.29 is 4.39 Å². The predicted octanol–water partition coefficient (Wildman–Crippen LogP) is 3.32. The zero-order valence-corrected chi connectivity index (χ0v) is 12.3. The maximum absolute atomic E-state index is 14.1. The fourth-order valence-electron chi connectivity index (χ4n) is 2.09. The van der Waals surface area contributed by atoms with Crippen LogP contribution in [0.25, 0.3) is 5.69 Å². The van der Waals surface area contributed by atoms with Crippen molar-refractivity contribution in [1.29, 1.82) is 0 Å². The van der Waals surface area contributed by atoms with Gasteiger partial charge >= 0.3 is 0 Å². The minimum atomic E-state index is -0.302. The number of hydrogen-bond donors (Lipinski definition) is 1. The number of nitrogens with zero attached hydrogens (tertiary/aromatic N) is 3. The molecule has 1 aromatic carbocycles. The second-order valence-corrected chi connectivity index (χ2v) is 5.72. The van der Waals surface area contributed by atoms with Crippen molar-refractivity contribution >= 4 is 11.3 Å². The van der Waals surface area contributed by atoms with Gasteiger partial charge in [-0.2, -0.15) is 5.10 Å². The van der Waals surface area contributed by atoms with E-state index in [0.717, 1.165) is 5.56 Å². The Balaban J connectivity index is 1.68. The van der Waals surface area contributed by atoms with Gasteiger partial charge in [0.05, 0.1) is 0 Å². The maximum atomic E-state index is 14.1. The molecule has 0 saturated heterocycles. The van der Waals surface area contributed by atoms with Gasteiger partial charge < -0.3 is 5.32 Å². The van der Waals surface area contributed by atoms with Crippen LogP contribution in [0.5, 0.6) is 0 Å². The summed E-state index contributed by atoms with van der Waals surface area (Å²) in [6.45, 7) is 2.72. The van der Waals surface area contributed by atoms with Gasteiger partial charge in [-0.15, -0.1) is 11.3 Å². The molecule has 0 saturated carbocycles. The Hall–Kier alpha value is -2.05. The fourth-order valence-corrected chi connectivity index (χ4v) is 2.85. The molecule has 0 aliphatic heterocycles. The molecule has 2 heterocycles. The van der Waals surface area contributed by atoms with E-state index in [-0.39, 0.29) is 11.9 Å². The summed E-state index contributed by atoms with van der Waals surface area (Å²) in [5.41, 5.74) is 1.31. The molecule has 0 bridgehead atoms. The van der Waals surface area contributed by atoms with E-state index >= 15 is 0 Å². The number of aromatic nitrogens is 3. The second-order valence-electron chi connectivity index (χ2n) is 4.74. The molecule has 3 aromatic rings. The molecule has 0 radical (unpaired) electrons. The molecule has 1 atom stereocenters. The summed E-state index contributed by atoms with van der Waals surface area (Å²) in [5, 5.41) is 9.38. The standard InChI is InChI=1S/C15H15FN4S/c1-11(15-3-2-6-21-15)18-8-12-4-5-14(13(16)7-12)20-10-17-9-19-20/h2-7,9-11,18H,8H2,1H3/t11-/m1/s1. The molecule has 21 heavy (non-hydrogen) atoms. The molecule has 108 valence electrons. The van der Waals surface area contributed by atoms with Crippen molar-refractivity contribution in [2.45, 2.75) is 19.5 Å². The van der Waals surface area contributed by atoms with Crippen LogP contribution < -0.4 is 5.32 Å². The van der Waals surface area contributed by atoms with Crippen LogP contribution in [0.3, 0.4) is 0 Å². The average molecular weight is 302 g/mol. The third kappa shape index (κ3) is 3.17. The Morgan fingerprint density at radius 2 is 2.29 bits per heavy atom. The van der Waals surface area contributed by atoms with E-state index in [1.807, 2.05) is 12.1 Å². The molecule has 0 fully saturated rings. The van der Waals surface area contributed by atoms with Crippen LogP contribution in [-0.2, 0) is 6.54 Å². The zero-order valence-electron chi connectivity index (χ0n) is 11.5. The monoisotopic (exact) mass is 302 g/mol. The molecule has 0 spiro atoms. The molecule has 6 heteroatoms. The van der Waals surface area contributed by atoms with Crippen LogP contribution in [0.4, 0.5) is 4.39 Å². The molecule has 0 aliphatic carbocycles. The average Bonchev–Trinajstić information content (AvgIpc) is 3.17. The first-order valence-corrected chi connectivity index (χ1v) is 7.52. The van der Waals surface area contributed by atoms with Crippen molar-refractivity contribution in [3.05, 3.63) is 64.6 Å². The van der Waals surface area contributed by atoms with Crippen molar-refractivity contribution in [3.8, 4) is 5.69 Å². The minimum absolute atomic E-state index is 0.253. The van der Waals surface area contributed by atoms with Gasteiger partial charge in [-0.05, 0) is 36.1 Å². The highest BCUT2D eigenvalue weighted by Gasteiger charge is 2.08. The van der Waals surface area contributed by atoms with Crippen LogP contribution in [0.1, 0.15) is 23.4 Å². The Morgan fingerprint density at radius 1 is 1.38 bits per heavy atom. The summed E-state index contributed by atoms with van der Waals surface area (Å²) in [5.74, 6) is -0.302. The lowest BCUT2D eigenvalue weighted by Crippen LogP contribution is -2.17. The molecule has 1 N–H and O–H groups in total. The molecule has 0 aliphatic rings. The Kier molecular flexibility index (Phi) is 4.08. The molecule has 0 unspecified atom stereocenters. The van der Waals surface area contributed by atoms with Crippen molar-refractivity contribution in [2.75, 3.05) is 0 Å². The fraction of sp³-hybridized carbons (Fsp3) is 0.200. The van der Waals surface area contributed by atoms with Crippen molar-refractivity contribution in [1.82, 2.24) is 20.1 Å². The third-order valence-electron chi connectivity index (χ3n) is 3.26. The van der Waals surface area contributed by atoms with Crippen LogP contribution in [0, 0.1) is 5.82 Å². The largest absolute Gasteiger partial charge is 0.305 e. The van der Waals surface area contributed by atoms with E-state index < -0.39 is 0 Å². The first kappa shape index (κ1) is 13.9. The zero-order chi connectivity index (χ0) is 14.7. The highest BCUT2D eigenvalue weighted by atomic mass is 32.1. The van der Waals surface area contributed by atoms with E-state index in [4.69, 9.17) is 0 Å². The van der Waals surface area contributed by atoms with E-state index in [2.05, 4.69) is 33.8 Å². The lowest BCUT2D eigenvalue weighted by atomic mass is 10.1. The molecule has 2 aromatic heterocycles. The number of benzene rings is 1.